The van der Waals surface area contributed by atoms with Gasteiger partial charge in [-0.3, -0.25) is 19.7 Å². The molecule has 1 aliphatic heterocycles. The van der Waals surface area contributed by atoms with E-state index in [9.17, 15) is 19.7 Å². The molecule has 2 aromatic rings. The van der Waals surface area contributed by atoms with Crippen molar-refractivity contribution in [3.8, 4) is 0 Å². The summed E-state index contributed by atoms with van der Waals surface area (Å²) in [6.45, 7) is 0.345. The van der Waals surface area contributed by atoms with E-state index in [2.05, 4.69) is 5.32 Å². The molecular formula is C21H18ClN3O4. The Morgan fingerprint density at radius 3 is 2.38 bits per heavy atom. The highest BCUT2D eigenvalue weighted by molar-refractivity contribution is 6.30. The number of amides is 2. The van der Waals surface area contributed by atoms with Gasteiger partial charge in [0, 0.05) is 17.6 Å². The SMILES string of the molecule is O=C1[C@H]2CC=CC[C@H]2C(=O)N1c1ccc(NCc2cccc(Cl)c2)c([N+](=O)[O-])c1. The molecule has 2 aromatic carbocycles. The first kappa shape index (κ1) is 19.1. The van der Waals surface area contributed by atoms with E-state index in [-0.39, 0.29) is 35.0 Å². The summed E-state index contributed by atoms with van der Waals surface area (Å²) in [6.07, 6.45) is 4.85. The number of carbonyl (C=O) groups is 2. The Labute approximate surface area is 172 Å². The summed E-state index contributed by atoms with van der Waals surface area (Å²) >= 11 is 5.97. The lowest BCUT2D eigenvalue weighted by atomic mass is 9.85. The standard InChI is InChI=1S/C21H18ClN3O4/c22-14-5-3-4-13(10-14)12-23-18-9-8-15(11-19(18)25(28)29)24-20(26)16-6-1-2-7-17(16)21(24)27/h1-5,8-11,16-17,23H,6-7,12H2/t16-,17+. The first-order valence-electron chi connectivity index (χ1n) is 9.25. The van der Waals surface area contributed by atoms with Gasteiger partial charge in [0.1, 0.15) is 5.69 Å². The van der Waals surface area contributed by atoms with Crippen molar-refractivity contribution in [1.82, 2.24) is 0 Å². The Morgan fingerprint density at radius 2 is 1.76 bits per heavy atom. The van der Waals surface area contributed by atoms with Crippen LogP contribution in [0.4, 0.5) is 17.1 Å². The van der Waals surface area contributed by atoms with E-state index >= 15 is 0 Å². The van der Waals surface area contributed by atoms with E-state index in [1.165, 1.54) is 12.1 Å². The highest BCUT2D eigenvalue weighted by Gasteiger charge is 2.48. The van der Waals surface area contributed by atoms with E-state index in [1.54, 1.807) is 24.3 Å². The number of hydrogen-bond donors (Lipinski definition) is 1. The number of benzene rings is 2. The summed E-state index contributed by atoms with van der Waals surface area (Å²) < 4.78 is 0. The minimum atomic E-state index is -0.524. The van der Waals surface area contributed by atoms with Crippen LogP contribution >= 0.6 is 11.6 Å². The summed E-state index contributed by atoms with van der Waals surface area (Å²) in [7, 11) is 0. The molecule has 1 fully saturated rings. The van der Waals surface area contributed by atoms with Gasteiger partial charge in [0.25, 0.3) is 5.69 Å². The molecule has 0 bridgehead atoms. The third kappa shape index (κ3) is 3.61. The summed E-state index contributed by atoms with van der Waals surface area (Å²) in [5.41, 5.74) is 1.21. The van der Waals surface area contributed by atoms with Gasteiger partial charge in [0.2, 0.25) is 11.8 Å². The lowest BCUT2D eigenvalue weighted by Gasteiger charge is -2.16. The van der Waals surface area contributed by atoms with Crippen molar-refractivity contribution in [1.29, 1.82) is 0 Å². The largest absolute Gasteiger partial charge is 0.375 e. The van der Waals surface area contributed by atoms with Crippen molar-refractivity contribution in [2.24, 2.45) is 11.8 Å². The zero-order valence-corrected chi connectivity index (χ0v) is 16.1. The molecular weight excluding hydrogens is 394 g/mol. The number of anilines is 2. The number of nitrogens with zero attached hydrogens (tertiary/aromatic N) is 2. The Kier molecular flexibility index (Phi) is 5.07. The van der Waals surface area contributed by atoms with E-state index in [0.717, 1.165) is 10.5 Å². The normalized spacial score (nSPS) is 20.7. The molecule has 29 heavy (non-hydrogen) atoms. The molecule has 0 aromatic heterocycles. The average Bonchev–Trinajstić information content (AvgIpc) is 2.97. The summed E-state index contributed by atoms with van der Waals surface area (Å²) in [5, 5.41) is 15.2. The van der Waals surface area contributed by atoms with Crippen LogP contribution < -0.4 is 10.2 Å². The lowest BCUT2D eigenvalue weighted by Crippen LogP contribution is -2.30. The lowest BCUT2D eigenvalue weighted by molar-refractivity contribution is -0.383. The summed E-state index contributed by atoms with van der Waals surface area (Å²) in [6, 6.07) is 11.5. The van der Waals surface area contributed by atoms with Gasteiger partial charge in [-0.25, -0.2) is 4.90 Å². The molecule has 0 unspecified atom stereocenters. The maximum absolute atomic E-state index is 12.7. The van der Waals surface area contributed by atoms with E-state index < -0.39 is 4.92 Å². The van der Waals surface area contributed by atoms with Crippen molar-refractivity contribution in [3.05, 3.63) is 75.3 Å². The summed E-state index contributed by atoms with van der Waals surface area (Å²) in [5.74, 6) is -1.35. The third-order valence-electron chi connectivity index (χ3n) is 5.32. The van der Waals surface area contributed by atoms with Crippen molar-refractivity contribution in [3.63, 3.8) is 0 Å². The number of halogens is 1. The van der Waals surface area contributed by atoms with Gasteiger partial charge in [-0.15, -0.1) is 0 Å². The maximum atomic E-state index is 12.7. The second-order valence-electron chi connectivity index (χ2n) is 7.11. The molecule has 1 N–H and O–H groups in total. The molecule has 1 aliphatic carbocycles. The Hall–Kier alpha value is -3.19. The third-order valence-corrected chi connectivity index (χ3v) is 5.55. The molecule has 0 radical (unpaired) electrons. The number of allylic oxidation sites excluding steroid dienone is 2. The highest BCUT2D eigenvalue weighted by Crippen LogP contribution is 2.39. The van der Waals surface area contributed by atoms with Crippen LogP contribution in [0.2, 0.25) is 5.02 Å². The Morgan fingerprint density at radius 1 is 1.07 bits per heavy atom. The van der Waals surface area contributed by atoms with Gasteiger partial charge in [-0.2, -0.15) is 0 Å². The Balaban J connectivity index is 1.60. The number of nitrogens with one attached hydrogen (secondary N) is 1. The fourth-order valence-electron chi connectivity index (χ4n) is 3.86. The van der Waals surface area contributed by atoms with Crippen LogP contribution in [-0.4, -0.2) is 16.7 Å². The van der Waals surface area contributed by atoms with Crippen LogP contribution in [0.3, 0.4) is 0 Å². The van der Waals surface area contributed by atoms with E-state index in [4.69, 9.17) is 11.6 Å². The van der Waals surface area contributed by atoms with Crippen molar-refractivity contribution < 1.29 is 14.5 Å². The number of nitro groups is 1. The first-order chi connectivity index (χ1) is 14.0. The van der Waals surface area contributed by atoms with E-state index in [0.29, 0.717) is 30.1 Å². The molecule has 0 spiro atoms. The topological polar surface area (TPSA) is 92.6 Å². The number of carbonyl (C=O) groups excluding carboxylic acids is 2. The van der Waals surface area contributed by atoms with Crippen LogP contribution in [0.1, 0.15) is 18.4 Å². The second kappa shape index (κ2) is 7.67. The zero-order valence-electron chi connectivity index (χ0n) is 15.4. The van der Waals surface area contributed by atoms with Gasteiger partial charge >= 0.3 is 0 Å². The van der Waals surface area contributed by atoms with Gasteiger partial charge < -0.3 is 5.32 Å². The van der Waals surface area contributed by atoms with Gasteiger partial charge in [0.05, 0.1) is 22.4 Å². The minimum Gasteiger partial charge on any atom is -0.375 e. The van der Waals surface area contributed by atoms with Crippen LogP contribution in [0.5, 0.6) is 0 Å². The molecule has 0 saturated carbocycles. The van der Waals surface area contributed by atoms with Gasteiger partial charge in [-0.1, -0.05) is 35.9 Å². The second-order valence-corrected chi connectivity index (χ2v) is 7.55. The number of hydrogen-bond acceptors (Lipinski definition) is 5. The van der Waals surface area contributed by atoms with Gasteiger partial charge in [0.15, 0.2) is 0 Å². The average molecular weight is 412 g/mol. The van der Waals surface area contributed by atoms with Crippen LogP contribution in [0.25, 0.3) is 0 Å². The summed E-state index contributed by atoms with van der Waals surface area (Å²) in [4.78, 5) is 37.6. The van der Waals surface area contributed by atoms with Crippen molar-refractivity contribution in [2.45, 2.75) is 19.4 Å². The fraction of sp³-hybridized carbons (Fsp3) is 0.238. The quantitative estimate of drug-likeness (QED) is 0.342. The van der Waals surface area contributed by atoms with Crippen LogP contribution in [-0.2, 0) is 16.1 Å². The predicted molar refractivity (Wildman–Crippen MR) is 110 cm³/mol. The van der Waals surface area contributed by atoms with E-state index in [1.807, 2.05) is 18.2 Å². The number of imide groups is 1. The minimum absolute atomic E-state index is 0.196. The molecule has 2 amide bonds. The molecule has 1 saturated heterocycles. The number of nitro benzene ring substituents is 1. The van der Waals surface area contributed by atoms with Gasteiger partial charge in [-0.05, 0) is 42.7 Å². The molecule has 1 heterocycles. The maximum Gasteiger partial charge on any atom is 0.294 e. The number of rotatable bonds is 5. The zero-order chi connectivity index (χ0) is 20.5. The van der Waals surface area contributed by atoms with Crippen LogP contribution in [0, 0.1) is 22.0 Å². The molecule has 148 valence electrons. The fourth-order valence-corrected chi connectivity index (χ4v) is 4.07. The van der Waals surface area contributed by atoms with Crippen LogP contribution in [0.15, 0.2) is 54.6 Å². The molecule has 7 nitrogen and oxygen atoms in total. The predicted octanol–water partition coefficient (Wildman–Crippen LogP) is 4.32. The monoisotopic (exact) mass is 411 g/mol. The van der Waals surface area contributed by atoms with Crippen molar-refractivity contribution in [2.75, 3.05) is 10.2 Å². The molecule has 4 rings (SSSR count). The van der Waals surface area contributed by atoms with Crippen molar-refractivity contribution >= 4 is 40.5 Å². The number of fused-ring (bicyclic) bond motifs is 1. The smallest absolute Gasteiger partial charge is 0.294 e. The highest BCUT2D eigenvalue weighted by atomic mass is 35.5. The molecule has 2 aliphatic rings. The molecule has 8 heteroatoms. The Bertz CT molecular complexity index is 1010. The first-order valence-corrected chi connectivity index (χ1v) is 9.63. The molecule has 2 atom stereocenters.